The third-order valence-corrected chi connectivity index (χ3v) is 6.12. The molecule has 40 heavy (non-hydrogen) atoms. The molecule has 16 heteroatoms. The monoisotopic (exact) mass is 569 g/mol. The van der Waals surface area contributed by atoms with Gasteiger partial charge in [-0.3, -0.25) is 14.4 Å². The Labute approximate surface area is 222 Å². The number of nitrogens with zero attached hydrogens (tertiary/aromatic N) is 6. The van der Waals surface area contributed by atoms with Gasteiger partial charge < -0.3 is 15.1 Å². The van der Waals surface area contributed by atoms with E-state index in [4.69, 9.17) is 0 Å². The molecule has 212 valence electrons. The minimum Gasteiger partial charge on any atom is -0.342 e. The van der Waals surface area contributed by atoms with Crippen molar-refractivity contribution in [3.05, 3.63) is 70.9 Å². The van der Waals surface area contributed by atoms with Crippen molar-refractivity contribution in [1.29, 1.82) is 0 Å². The van der Waals surface area contributed by atoms with E-state index in [1.165, 1.54) is 39.7 Å². The van der Waals surface area contributed by atoms with Gasteiger partial charge in [0.1, 0.15) is 12.9 Å². The third kappa shape index (κ3) is 6.05. The fraction of sp³-hybridized carbons (Fsp3) is 0.333. The number of halogens is 6. The van der Waals surface area contributed by atoms with Crippen molar-refractivity contribution in [2.45, 2.75) is 25.3 Å². The second kappa shape index (κ2) is 10.6. The Morgan fingerprint density at radius 1 is 0.950 bits per heavy atom. The van der Waals surface area contributed by atoms with Crippen LogP contribution in [0.1, 0.15) is 50.6 Å². The molecule has 10 nitrogen and oxygen atoms in total. The first-order valence-corrected chi connectivity index (χ1v) is 11.6. The van der Waals surface area contributed by atoms with Gasteiger partial charge in [-0.15, -0.1) is 0 Å². The Morgan fingerprint density at radius 3 is 2.15 bits per heavy atom. The van der Waals surface area contributed by atoms with Crippen molar-refractivity contribution in [2.24, 2.45) is 0 Å². The largest absolute Gasteiger partial charge is 0.416 e. The van der Waals surface area contributed by atoms with Gasteiger partial charge in [0.15, 0.2) is 11.6 Å². The fourth-order valence-corrected chi connectivity index (χ4v) is 3.90. The summed E-state index contributed by atoms with van der Waals surface area (Å²) in [6.07, 6.45) is -7.85. The number of likely N-dealkylation sites (N-methyl/N-ethyl adjacent to an activating group) is 1. The molecule has 1 atom stereocenters. The summed E-state index contributed by atoms with van der Waals surface area (Å²) in [6, 6.07) is 2.43. The van der Waals surface area contributed by atoms with Crippen LogP contribution >= 0.6 is 0 Å². The van der Waals surface area contributed by atoms with Crippen LogP contribution in [0.3, 0.4) is 0 Å². The lowest BCUT2D eigenvalue weighted by atomic mass is 10.0. The first-order valence-electron chi connectivity index (χ1n) is 11.6. The zero-order chi connectivity index (χ0) is 29.4. The first kappa shape index (κ1) is 28.5. The van der Waals surface area contributed by atoms with E-state index in [1.54, 1.807) is 7.05 Å². The summed E-state index contributed by atoms with van der Waals surface area (Å²) >= 11 is 0. The van der Waals surface area contributed by atoms with Crippen molar-refractivity contribution in [1.82, 2.24) is 34.9 Å². The second-order valence-corrected chi connectivity index (χ2v) is 8.97. The minimum atomic E-state index is -5.11. The Balaban J connectivity index is 1.52. The standard InChI is InChI=1S/C24H21F6N7O3/c1-13(34-21(39)15-7-16(23(25,26)27)9-17(8-15)24(28,29)30)20-32-12-33-37(20)18-4-3-14(10-31-18)22(40)36-6-5-35(2)19(38)11-36/h3-4,7-10,12-13H,5-6,11H2,1-2H3,(H,34,39)/t13-/m0/s1. The Kier molecular flexibility index (Phi) is 7.54. The van der Waals surface area contributed by atoms with Gasteiger partial charge in [0.25, 0.3) is 11.8 Å². The van der Waals surface area contributed by atoms with Crippen molar-refractivity contribution in [3.63, 3.8) is 0 Å². The molecule has 1 saturated heterocycles. The predicted molar refractivity (Wildman–Crippen MR) is 125 cm³/mol. The number of benzene rings is 1. The quantitative estimate of drug-likeness (QED) is 0.473. The number of carbonyl (C=O) groups is 3. The first-order chi connectivity index (χ1) is 18.6. The number of hydrogen-bond donors (Lipinski definition) is 1. The van der Waals surface area contributed by atoms with Crippen LogP contribution in [-0.2, 0) is 17.1 Å². The number of hydrogen-bond acceptors (Lipinski definition) is 6. The zero-order valence-corrected chi connectivity index (χ0v) is 20.9. The molecule has 0 aliphatic carbocycles. The molecule has 1 aliphatic rings. The topological polar surface area (TPSA) is 113 Å². The zero-order valence-electron chi connectivity index (χ0n) is 20.9. The maximum atomic E-state index is 13.2. The van der Waals surface area contributed by atoms with E-state index >= 15 is 0 Å². The number of aromatic nitrogens is 4. The van der Waals surface area contributed by atoms with Crippen LogP contribution in [0, 0.1) is 0 Å². The highest BCUT2D eigenvalue weighted by molar-refractivity contribution is 5.97. The normalized spacial score (nSPS) is 15.2. The average molecular weight is 569 g/mol. The molecule has 1 N–H and O–H groups in total. The van der Waals surface area contributed by atoms with Crippen LogP contribution in [0.2, 0.25) is 0 Å². The summed E-state index contributed by atoms with van der Waals surface area (Å²) < 4.78 is 80.2. The lowest BCUT2D eigenvalue weighted by Crippen LogP contribution is -2.50. The lowest BCUT2D eigenvalue weighted by molar-refractivity contribution is -0.143. The highest BCUT2D eigenvalue weighted by Gasteiger charge is 2.37. The van der Waals surface area contributed by atoms with Gasteiger partial charge in [-0.05, 0) is 37.3 Å². The molecule has 1 aliphatic heterocycles. The average Bonchev–Trinajstić information content (AvgIpc) is 3.39. The van der Waals surface area contributed by atoms with Crippen molar-refractivity contribution < 1.29 is 40.7 Å². The van der Waals surface area contributed by atoms with Gasteiger partial charge >= 0.3 is 12.4 Å². The van der Waals surface area contributed by atoms with Crippen LogP contribution in [0.15, 0.2) is 42.9 Å². The number of amides is 3. The highest BCUT2D eigenvalue weighted by atomic mass is 19.4. The number of pyridine rings is 1. The molecule has 0 spiro atoms. The third-order valence-electron chi connectivity index (χ3n) is 6.12. The molecule has 2 aromatic heterocycles. The smallest absolute Gasteiger partial charge is 0.342 e. The van der Waals surface area contributed by atoms with Gasteiger partial charge in [-0.2, -0.15) is 36.1 Å². The van der Waals surface area contributed by atoms with Crippen molar-refractivity contribution >= 4 is 17.7 Å². The summed E-state index contributed by atoms with van der Waals surface area (Å²) in [6.45, 7) is 2.07. The summed E-state index contributed by atoms with van der Waals surface area (Å²) in [4.78, 5) is 48.4. The van der Waals surface area contributed by atoms with E-state index in [1.807, 2.05) is 0 Å². The molecule has 1 fully saturated rings. The molecule has 1 aromatic carbocycles. The van der Waals surface area contributed by atoms with Gasteiger partial charge in [0, 0.05) is 31.9 Å². The van der Waals surface area contributed by atoms with E-state index in [0.717, 1.165) is 6.33 Å². The number of piperazine rings is 1. The highest BCUT2D eigenvalue weighted by Crippen LogP contribution is 2.36. The molecule has 3 heterocycles. The number of carbonyl (C=O) groups excluding carboxylic acids is 3. The maximum absolute atomic E-state index is 13.2. The van der Waals surface area contributed by atoms with E-state index in [9.17, 15) is 40.7 Å². The predicted octanol–water partition coefficient (Wildman–Crippen LogP) is 3.11. The van der Waals surface area contributed by atoms with E-state index < -0.39 is 46.9 Å². The molecule has 3 amide bonds. The van der Waals surface area contributed by atoms with Crippen molar-refractivity contribution in [2.75, 3.05) is 26.7 Å². The SMILES string of the molecule is C[C@H](NC(=O)c1cc(C(F)(F)F)cc(C(F)(F)F)c1)c1ncnn1-c1ccc(C(=O)N2CCN(C)C(=O)C2)cn1. The Hall–Kier alpha value is -4.50. The van der Waals surface area contributed by atoms with Gasteiger partial charge in [-0.1, -0.05) is 0 Å². The Morgan fingerprint density at radius 2 is 1.60 bits per heavy atom. The summed E-state index contributed by atoms with van der Waals surface area (Å²) in [7, 11) is 1.64. The summed E-state index contributed by atoms with van der Waals surface area (Å²) in [5, 5.41) is 6.34. The number of rotatable bonds is 5. The van der Waals surface area contributed by atoms with Crippen LogP contribution in [0.4, 0.5) is 26.3 Å². The maximum Gasteiger partial charge on any atom is 0.416 e. The van der Waals surface area contributed by atoms with Crippen molar-refractivity contribution in [3.8, 4) is 5.82 Å². The van der Waals surface area contributed by atoms with Gasteiger partial charge in [0.05, 0.1) is 22.7 Å². The second-order valence-electron chi connectivity index (χ2n) is 8.97. The summed E-state index contributed by atoms with van der Waals surface area (Å²) in [5.41, 5.74) is -3.89. The lowest BCUT2D eigenvalue weighted by Gasteiger charge is -2.31. The molecule has 0 unspecified atom stereocenters. The number of alkyl halides is 6. The summed E-state index contributed by atoms with van der Waals surface area (Å²) in [5.74, 6) is -1.58. The Bertz CT molecular complexity index is 1400. The van der Waals surface area contributed by atoms with Crippen LogP contribution in [0.25, 0.3) is 5.82 Å². The molecular formula is C24H21F6N7O3. The van der Waals surface area contributed by atoms with Crippen LogP contribution in [-0.4, -0.2) is 74.0 Å². The van der Waals surface area contributed by atoms with Crippen LogP contribution < -0.4 is 5.32 Å². The molecule has 0 radical (unpaired) electrons. The number of nitrogens with one attached hydrogen (secondary N) is 1. The molecule has 3 aromatic rings. The molecule has 0 bridgehead atoms. The molecule has 0 saturated carbocycles. The molecule has 4 rings (SSSR count). The minimum absolute atomic E-state index is 0.0626. The van der Waals surface area contributed by atoms with E-state index in [0.29, 0.717) is 25.2 Å². The van der Waals surface area contributed by atoms with E-state index in [2.05, 4.69) is 20.4 Å². The van der Waals surface area contributed by atoms with Gasteiger partial charge in [0.2, 0.25) is 5.91 Å². The van der Waals surface area contributed by atoms with Gasteiger partial charge in [-0.25, -0.2) is 9.97 Å². The van der Waals surface area contributed by atoms with Crippen LogP contribution in [0.5, 0.6) is 0 Å². The fourth-order valence-electron chi connectivity index (χ4n) is 3.90. The van der Waals surface area contributed by atoms with E-state index in [-0.39, 0.29) is 35.7 Å². The molecular weight excluding hydrogens is 548 g/mol.